The van der Waals surface area contributed by atoms with Gasteiger partial charge in [0.1, 0.15) is 0 Å². The lowest BCUT2D eigenvalue weighted by molar-refractivity contribution is -0.0838. The number of rotatable bonds is 2. The van der Waals surface area contributed by atoms with Crippen LogP contribution in [-0.4, -0.2) is 22.9 Å². The summed E-state index contributed by atoms with van der Waals surface area (Å²) in [5.41, 5.74) is 0.407. The zero-order valence-electron chi connectivity index (χ0n) is 15.1. The van der Waals surface area contributed by atoms with E-state index in [1.54, 1.807) is 0 Å². The van der Waals surface area contributed by atoms with E-state index in [4.69, 9.17) is 0 Å². The van der Waals surface area contributed by atoms with Gasteiger partial charge in [0.2, 0.25) is 0 Å². The number of hydrogen-bond donors (Lipinski definition) is 2. The maximum absolute atomic E-state index is 10.3. The summed E-state index contributed by atoms with van der Waals surface area (Å²) in [5, 5.41) is 19.8. The Balaban J connectivity index is 1.52. The van der Waals surface area contributed by atoms with Crippen molar-refractivity contribution in [2.75, 3.05) is 6.61 Å². The minimum absolute atomic E-state index is 0.127. The average molecular weight is 321 g/mol. The van der Waals surface area contributed by atoms with Gasteiger partial charge in [-0.1, -0.05) is 6.92 Å². The van der Waals surface area contributed by atoms with Crippen LogP contribution in [0.5, 0.6) is 0 Å². The maximum Gasteiger partial charge on any atom is 0.0545 e. The predicted molar refractivity (Wildman–Crippen MR) is 92.9 cm³/mol. The van der Waals surface area contributed by atoms with E-state index in [2.05, 4.69) is 6.92 Å². The predicted octanol–water partition coefficient (Wildman–Crippen LogP) is 4.24. The first kappa shape index (κ1) is 16.4. The summed E-state index contributed by atoms with van der Waals surface area (Å²) >= 11 is 0. The van der Waals surface area contributed by atoms with Gasteiger partial charge in [-0.15, -0.1) is 0 Å². The third kappa shape index (κ3) is 2.51. The van der Waals surface area contributed by atoms with Gasteiger partial charge in [0.25, 0.3) is 0 Å². The Bertz CT molecular complexity index is 434. The number of hydrogen-bond acceptors (Lipinski definition) is 2. The van der Waals surface area contributed by atoms with Crippen LogP contribution in [0.15, 0.2) is 0 Å². The smallest absolute Gasteiger partial charge is 0.0545 e. The van der Waals surface area contributed by atoms with Crippen LogP contribution in [0.4, 0.5) is 0 Å². The summed E-state index contributed by atoms with van der Waals surface area (Å²) in [4.78, 5) is 0. The van der Waals surface area contributed by atoms with Crippen LogP contribution in [0.1, 0.15) is 71.6 Å². The van der Waals surface area contributed by atoms with Crippen molar-refractivity contribution in [1.29, 1.82) is 0 Å². The quantitative estimate of drug-likeness (QED) is 0.799. The molecule has 0 aromatic carbocycles. The molecule has 4 rings (SSSR count). The topological polar surface area (TPSA) is 40.5 Å². The van der Waals surface area contributed by atoms with Crippen LogP contribution in [0.3, 0.4) is 0 Å². The molecule has 0 aromatic heterocycles. The fourth-order valence-electron chi connectivity index (χ4n) is 7.95. The summed E-state index contributed by atoms with van der Waals surface area (Å²) in [7, 11) is 0. The van der Waals surface area contributed by atoms with Gasteiger partial charge in [0.15, 0.2) is 0 Å². The molecule has 0 amide bonds. The fraction of sp³-hybridized carbons (Fsp3) is 1.00. The van der Waals surface area contributed by atoms with Crippen LogP contribution in [0.25, 0.3) is 0 Å². The highest BCUT2D eigenvalue weighted by molar-refractivity contribution is 5.06. The molecular formula is C21H36O2. The maximum atomic E-state index is 10.3. The highest BCUT2D eigenvalue weighted by Crippen LogP contribution is 2.64. The lowest BCUT2D eigenvalue weighted by Gasteiger charge is -2.56. The Hall–Kier alpha value is -0.0800. The molecule has 4 saturated carbocycles. The first-order valence-corrected chi connectivity index (χ1v) is 10.3. The summed E-state index contributed by atoms with van der Waals surface area (Å²) in [6, 6.07) is 0. The molecule has 2 unspecified atom stereocenters. The second kappa shape index (κ2) is 6.02. The van der Waals surface area contributed by atoms with E-state index >= 15 is 0 Å². The van der Waals surface area contributed by atoms with E-state index in [1.165, 1.54) is 57.8 Å². The number of aliphatic hydroxyl groups excluding tert-OH is 2. The molecule has 0 aliphatic heterocycles. The van der Waals surface area contributed by atoms with Gasteiger partial charge in [0, 0.05) is 6.61 Å². The van der Waals surface area contributed by atoms with Crippen LogP contribution in [-0.2, 0) is 0 Å². The summed E-state index contributed by atoms with van der Waals surface area (Å²) in [6.07, 6.45) is 12.0. The van der Waals surface area contributed by atoms with Crippen LogP contribution < -0.4 is 0 Å². The highest BCUT2D eigenvalue weighted by Gasteiger charge is 2.57. The zero-order valence-corrected chi connectivity index (χ0v) is 15.1. The van der Waals surface area contributed by atoms with Gasteiger partial charge < -0.3 is 10.2 Å². The van der Waals surface area contributed by atoms with Gasteiger partial charge >= 0.3 is 0 Å². The Kier molecular flexibility index (Phi) is 4.29. The molecule has 4 fully saturated rings. The second-order valence-electron chi connectivity index (χ2n) is 9.77. The SMILES string of the molecule is CC(O)[C@H]1CC[C@H]2[C@@H]3CC[C@H]4CC(CO)CC[C@@H]4[C@H]3CC[C@]12C. The normalized spacial score (nSPS) is 54.0. The van der Waals surface area contributed by atoms with E-state index in [-0.39, 0.29) is 6.10 Å². The molecule has 0 aromatic rings. The Morgan fingerprint density at radius 3 is 2.48 bits per heavy atom. The minimum Gasteiger partial charge on any atom is -0.396 e. The van der Waals surface area contributed by atoms with Gasteiger partial charge in [-0.2, -0.15) is 0 Å². The average Bonchev–Trinajstić information content (AvgIpc) is 2.91. The minimum atomic E-state index is -0.127. The van der Waals surface area contributed by atoms with E-state index in [0.717, 1.165) is 29.6 Å². The first-order chi connectivity index (χ1) is 11.0. The van der Waals surface area contributed by atoms with Crippen molar-refractivity contribution in [3.8, 4) is 0 Å². The molecule has 4 aliphatic carbocycles. The highest BCUT2D eigenvalue weighted by atomic mass is 16.3. The second-order valence-corrected chi connectivity index (χ2v) is 9.77. The van der Waals surface area contributed by atoms with E-state index < -0.39 is 0 Å². The van der Waals surface area contributed by atoms with Gasteiger partial charge in [0.05, 0.1) is 6.10 Å². The van der Waals surface area contributed by atoms with Crippen molar-refractivity contribution in [1.82, 2.24) is 0 Å². The first-order valence-electron chi connectivity index (χ1n) is 10.3. The Morgan fingerprint density at radius 1 is 0.957 bits per heavy atom. The van der Waals surface area contributed by atoms with Gasteiger partial charge in [-0.3, -0.25) is 0 Å². The van der Waals surface area contributed by atoms with Crippen LogP contribution in [0.2, 0.25) is 0 Å². The largest absolute Gasteiger partial charge is 0.396 e. The lowest BCUT2D eigenvalue weighted by Crippen LogP contribution is -2.49. The molecule has 2 nitrogen and oxygen atoms in total. The molecule has 23 heavy (non-hydrogen) atoms. The summed E-state index contributed by atoms with van der Waals surface area (Å²) in [6.45, 7) is 4.94. The molecule has 2 heteroatoms. The molecule has 132 valence electrons. The molecule has 0 bridgehead atoms. The molecule has 0 spiro atoms. The summed E-state index contributed by atoms with van der Waals surface area (Å²) < 4.78 is 0. The Labute approximate surface area is 142 Å². The van der Waals surface area contributed by atoms with Crippen LogP contribution >= 0.6 is 0 Å². The van der Waals surface area contributed by atoms with Crippen molar-refractivity contribution in [3.63, 3.8) is 0 Å². The fourth-order valence-corrected chi connectivity index (χ4v) is 7.95. The monoisotopic (exact) mass is 320 g/mol. The van der Waals surface area contributed by atoms with Crippen molar-refractivity contribution in [3.05, 3.63) is 0 Å². The van der Waals surface area contributed by atoms with Crippen molar-refractivity contribution in [2.24, 2.45) is 46.8 Å². The zero-order chi connectivity index (χ0) is 16.2. The molecule has 0 saturated heterocycles. The Morgan fingerprint density at radius 2 is 1.74 bits per heavy atom. The summed E-state index contributed by atoms with van der Waals surface area (Å²) in [5.74, 6) is 5.75. The van der Waals surface area contributed by atoms with Gasteiger partial charge in [-0.25, -0.2) is 0 Å². The van der Waals surface area contributed by atoms with Crippen molar-refractivity contribution >= 4 is 0 Å². The van der Waals surface area contributed by atoms with Gasteiger partial charge in [-0.05, 0) is 112 Å². The van der Waals surface area contributed by atoms with Crippen LogP contribution in [0, 0.1) is 46.8 Å². The number of aliphatic hydroxyl groups is 2. The standard InChI is InChI=1S/C21H36O2/c1-13(23)19-7-8-20-18-6-4-15-11-14(12-22)3-5-16(15)17(18)9-10-21(19,20)2/h13-20,22-23H,3-12H2,1-2H3/t13?,14?,15-,16-,17+,18+,19+,20-,21+/m0/s1. The van der Waals surface area contributed by atoms with E-state index in [0.29, 0.717) is 23.9 Å². The van der Waals surface area contributed by atoms with E-state index in [9.17, 15) is 10.2 Å². The number of fused-ring (bicyclic) bond motifs is 5. The molecule has 0 heterocycles. The molecule has 0 radical (unpaired) electrons. The van der Waals surface area contributed by atoms with Crippen molar-refractivity contribution < 1.29 is 10.2 Å². The van der Waals surface area contributed by atoms with E-state index in [1.807, 2.05) is 6.92 Å². The third-order valence-corrected chi connectivity index (χ3v) is 8.98. The lowest BCUT2D eigenvalue weighted by atomic mass is 9.49. The third-order valence-electron chi connectivity index (χ3n) is 8.98. The molecular weight excluding hydrogens is 284 g/mol. The van der Waals surface area contributed by atoms with Crippen molar-refractivity contribution in [2.45, 2.75) is 77.7 Å². The molecule has 9 atom stereocenters. The molecule has 2 N–H and O–H groups in total. The molecule has 4 aliphatic rings.